The van der Waals surface area contributed by atoms with Gasteiger partial charge in [0.05, 0.1) is 11.0 Å². The van der Waals surface area contributed by atoms with Gasteiger partial charge >= 0.3 is 0 Å². The maximum absolute atomic E-state index is 4.80. The van der Waals surface area contributed by atoms with E-state index in [4.69, 9.17) is 9.97 Å². The van der Waals surface area contributed by atoms with Crippen molar-refractivity contribution in [3.05, 3.63) is 85.2 Å². The van der Waals surface area contributed by atoms with Crippen LogP contribution in [0.25, 0.3) is 44.1 Å². The maximum atomic E-state index is 4.80. The van der Waals surface area contributed by atoms with Crippen LogP contribution in [0.4, 0.5) is 11.4 Å². The van der Waals surface area contributed by atoms with E-state index < -0.39 is 0 Å². The Labute approximate surface area is 212 Å². The molecule has 7 rings (SSSR count). The molecular formula is C32H30N4. The topological polar surface area (TPSA) is 32.3 Å². The van der Waals surface area contributed by atoms with E-state index >= 15 is 0 Å². The van der Waals surface area contributed by atoms with Crippen molar-refractivity contribution in [3.63, 3.8) is 0 Å². The molecule has 0 bridgehead atoms. The molecule has 2 aliphatic heterocycles. The van der Waals surface area contributed by atoms with Crippen molar-refractivity contribution in [1.29, 1.82) is 0 Å². The number of nitrogens with zero attached hydrogens (tertiary/aromatic N) is 4. The average molecular weight is 471 g/mol. The number of benzene rings is 3. The molecule has 2 fully saturated rings. The molecule has 0 N–H and O–H groups in total. The van der Waals surface area contributed by atoms with E-state index in [1.807, 2.05) is 12.4 Å². The smallest absolute Gasteiger partial charge is 0.0970 e. The zero-order valence-electron chi connectivity index (χ0n) is 20.5. The minimum atomic E-state index is 0.962. The van der Waals surface area contributed by atoms with Gasteiger partial charge in [0.15, 0.2) is 0 Å². The predicted molar refractivity (Wildman–Crippen MR) is 151 cm³/mol. The summed E-state index contributed by atoms with van der Waals surface area (Å²) in [7, 11) is 0. The normalized spacial score (nSPS) is 15.9. The van der Waals surface area contributed by atoms with Gasteiger partial charge in [0.1, 0.15) is 0 Å². The number of aromatic nitrogens is 2. The summed E-state index contributed by atoms with van der Waals surface area (Å²) in [6.45, 7) is 4.66. The molecule has 178 valence electrons. The van der Waals surface area contributed by atoms with Crippen molar-refractivity contribution in [1.82, 2.24) is 9.97 Å². The van der Waals surface area contributed by atoms with Gasteiger partial charge in [-0.3, -0.25) is 9.97 Å². The molecule has 0 amide bonds. The van der Waals surface area contributed by atoms with E-state index in [9.17, 15) is 0 Å². The Hall–Kier alpha value is -3.92. The highest BCUT2D eigenvalue weighted by Gasteiger charge is 2.15. The lowest BCUT2D eigenvalue weighted by molar-refractivity contribution is 0.949. The lowest BCUT2D eigenvalue weighted by Gasteiger charge is -2.18. The molecule has 3 aromatic carbocycles. The number of hydrogen-bond acceptors (Lipinski definition) is 4. The van der Waals surface area contributed by atoms with Gasteiger partial charge in [-0.25, -0.2) is 0 Å². The Morgan fingerprint density at radius 3 is 1.22 bits per heavy atom. The third kappa shape index (κ3) is 3.69. The third-order valence-corrected chi connectivity index (χ3v) is 7.92. The highest BCUT2D eigenvalue weighted by molar-refractivity contribution is 6.11. The number of rotatable bonds is 4. The SMILES string of the molecule is c1cc(-c2ccc(N3CCCC3)cc2)c2ccc3c(-c4ccc(N5CCCC5)cc4)ccnc3c2n1. The van der Waals surface area contributed by atoms with Gasteiger partial charge < -0.3 is 9.80 Å². The molecule has 0 atom stereocenters. The molecule has 2 aliphatic rings. The summed E-state index contributed by atoms with van der Waals surface area (Å²) in [5, 5.41) is 2.29. The second-order valence-corrected chi connectivity index (χ2v) is 10.1. The van der Waals surface area contributed by atoms with Crippen LogP contribution in [0.2, 0.25) is 0 Å². The summed E-state index contributed by atoms with van der Waals surface area (Å²) >= 11 is 0. The van der Waals surface area contributed by atoms with E-state index in [2.05, 4.69) is 82.6 Å². The second kappa shape index (κ2) is 8.94. The first kappa shape index (κ1) is 21.4. The Balaban J connectivity index is 1.28. The van der Waals surface area contributed by atoms with E-state index in [1.165, 1.54) is 85.5 Å². The number of pyridine rings is 2. The average Bonchev–Trinajstić information content (AvgIpc) is 3.68. The highest BCUT2D eigenvalue weighted by Crippen LogP contribution is 2.36. The zero-order chi connectivity index (χ0) is 23.9. The van der Waals surface area contributed by atoms with Gasteiger partial charge in [0.2, 0.25) is 0 Å². The van der Waals surface area contributed by atoms with Crippen LogP contribution in [-0.2, 0) is 0 Å². The van der Waals surface area contributed by atoms with Crippen molar-refractivity contribution in [2.75, 3.05) is 36.0 Å². The number of fused-ring (bicyclic) bond motifs is 3. The molecule has 4 heteroatoms. The molecule has 2 aromatic heterocycles. The van der Waals surface area contributed by atoms with Crippen LogP contribution in [0.15, 0.2) is 85.2 Å². The molecular weight excluding hydrogens is 440 g/mol. The molecule has 5 aromatic rings. The van der Waals surface area contributed by atoms with E-state index in [0.29, 0.717) is 0 Å². The van der Waals surface area contributed by atoms with Crippen LogP contribution in [0.1, 0.15) is 25.7 Å². The van der Waals surface area contributed by atoms with Gasteiger partial charge in [0.25, 0.3) is 0 Å². The maximum Gasteiger partial charge on any atom is 0.0970 e. The standard InChI is InChI=1S/C32H30N4/c1-2-20-35(19-1)25-9-5-23(6-10-25)27-15-17-33-31-29(27)13-14-30-28(16-18-34-32(30)31)24-7-11-26(12-8-24)36-21-3-4-22-36/h5-18H,1-4,19-22H2. The van der Waals surface area contributed by atoms with Crippen molar-refractivity contribution < 1.29 is 0 Å². The van der Waals surface area contributed by atoms with Crippen LogP contribution in [0.5, 0.6) is 0 Å². The summed E-state index contributed by atoms with van der Waals surface area (Å²) < 4.78 is 0. The zero-order valence-corrected chi connectivity index (χ0v) is 20.5. The van der Waals surface area contributed by atoms with E-state index in [-0.39, 0.29) is 0 Å². The summed E-state index contributed by atoms with van der Waals surface area (Å²) in [6.07, 6.45) is 9.01. The summed E-state index contributed by atoms with van der Waals surface area (Å²) in [4.78, 5) is 14.6. The first-order chi connectivity index (χ1) is 17.8. The summed E-state index contributed by atoms with van der Waals surface area (Å²) in [5.74, 6) is 0. The minimum Gasteiger partial charge on any atom is -0.372 e. The molecule has 0 spiro atoms. The Morgan fingerprint density at radius 1 is 0.444 bits per heavy atom. The fraction of sp³-hybridized carbons (Fsp3) is 0.250. The molecule has 4 heterocycles. The molecule has 2 saturated heterocycles. The van der Waals surface area contributed by atoms with Crippen molar-refractivity contribution in [2.24, 2.45) is 0 Å². The fourth-order valence-electron chi connectivity index (χ4n) is 5.99. The minimum absolute atomic E-state index is 0.962. The predicted octanol–water partition coefficient (Wildman–Crippen LogP) is 7.32. The van der Waals surface area contributed by atoms with Crippen molar-refractivity contribution in [3.8, 4) is 22.3 Å². The van der Waals surface area contributed by atoms with Crippen molar-refractivity contribution >= 4 is 33.2 Å². The fourth-order valence-corrected chi connectivity index (χ4v) is 5.99. The number of hydrogen-bond donors (Lipinski definition) is 0. The van der Waals surface area contributed by atoms with Gasteiger partial charge in [-0.2, -0.15) is 0 Å². The molecule has 36 heavy (non-hydrogen) atoms. The van der Waals surface area contributed by atoms with Crippen LogP contribution in [-0.4, -0.2) is 36.1 Å². The molecule has 0 saturated carbocycles. The van der Waals surface area contributed by atoms with E-state index in [0.717, 1.165) is 21.8 Å². The van der Waals surface area contributed by atoms with Crippen LogP contribution in [0.3, 0.4) is 0 Å². The van der Waals surface area contributed by atoms with Crippen LogP contribution in [0, 0.1) is 0 Å². The van der Waals surface area contributed by atoms with E-state index in [1.54, 1.807) is 0 Å². The first-order valence-electron chi connectivity index (χ1n) is 13.2. The summed E-state index contributed by atoms with van der Waals surface area (Å²) in [6, 6.07) is 26.7. The number of anilines is 2. The Morgan fingerprint density at radius 2 is 0.833 bits per heavy atom. The first-order valence-corrected chi connectivity index (χ1v) is 13.2. The lowest BCUT2D eigenvalue weighted by atomic mass is 9.96. The molecule has 0 radical (unpaired) electrons. The largest absolute Gasteiger partial charge is 0.372 e. The summed E-state index contributed by atoms with van der Waals surface area (Å²) in [5.41, 5.74) is 9.42. The van der Waals surface area contributed by atoms with Crippen molar-refractivity contribution in [2.45, 2.75) is 25.7 Å². The van der Waals surface area contributed by atoms with Crippen LogP contribution < -0.4 is 9.80 Å². The van der Waals surface area contributed by atoms with Gasteiger partial charge in [-0.05, 0) is 84.3 Å². The van der Waals surface area contributed by atoms with Gasteiger partial charge in [-0.15, -0.1) is 0 Å². The van der Waals surface area contributed by atoms with Gasteiger partial charge in [-0.1, -0.05) is 36.4 Å². The molecule has 0 aliphatic carbocycles. The third-order valence-electron chi connectivity index (χ3n) is 7.92. The Kier molecular flexibility index (Phi) is 5.31. The molecule has 0 unspecified atom stereocenters. The highest BCUT2D eigenvalue weighted by atomic mass is 15.1. The molecule has 4 nitrogen and oxygen atoms in total. The van der Waals surface area contributed by atoms with Crippen LogP contribution >= 0.6 is 0 Å². The monoisotopic (exact) mass is 470 g/mol. The second-order valence-electron chi connectivity index (χ2n) is 10.1. The quantitative estimate of drug-likeness (QED) is 0.258. The lowest BCUT2D eigenvalue weighted by Crippen LogP contribution is -2.17. The van der Waals surface area contributed by atoms with Gasteiger partial charge in [0, 0.05) is 60.7 Å². The Bertz CT molecular complexity index is 1410.